The second kappa shape index (κ2) is 6.01. The van der Waals surface area contributed by atoms with Crippen LogP contribution >= 0.6 is 7.82 Å². The number of hydrogen-bond acceptors (Lipinski definition) is 5. The number of phosphoric acid groups is 1. The van der Waals surface area contributed by atoms with Crippen LogP contribution in [0, 0.1) is 0 Å². The van der Waals surface area contributed by atoms with E-state index < -0.39 is 32.4 Å². The first-order valence-corrected chi connectivity index (χ1v) is 6.36. The molecule has 0 aliphatic carbocycles. The lowest BCUT2D eigenvalue weighted by Gasteiger charge is -2.29. The van der Waals surface area contributed by atoms with Crippen molar-refractivity contribution in [3.8, 4) is 0 Å². The summed E-state index contributed by atoms with van der Waals surface area (Å²) in [6.45, 7) is -0.863. The van der Waals surface area contributed by atoms with Crippen LogP contribution in [0.3, 0.4) is 0 Å². The van der Waals surface area contributed by atoms with Gasteiger partial charge in [0.2, 0.25) is 0 Å². The summed E-state index contributed by atoms with van der Waals surface area (Å²) in [5, 5.41) is 17.8. The molecule has 8 nitrogen and oxygen atoms in total. The molecule has 0 rings (SSSR count). The fraction of sp³-hybridized carbons (Fsp3) is 0.875. The summed E-state index contributed by atoms with van der Waals surface area (Å²) in [5.41, 5.74) is 0. The molecule has 0 aromatic rings. The molecule has 0 heterocycles. The third kappa shape index (κ3) is 7.56. The molecule has 0 saturated carbocycles. The van der Waals surface area contributed by atoms with Gasteiger partial charge in [0.05, 0.1) is 27.7 Å². The van der Waals surface area contributed by atoms with Crippen LogP contribution in [-0.4, -0.2) is 76.8 Å². The zero-order valence-electron chi connectivity index (χ0n) is 9.98. The molecular weight excluding hydrogens is 253 g/mol. The standard InChI is InChI=1S/C8H18NO7P/c1-9(2,3)4-7(16-17(13,14)15)8(12)6(11)5-10/h6-7,10-11H,4-5H2,1-3H3,(H-,13,14,15)/p+1. The maximum atomic E-state index is 11.5. The Morgan fingerprint density at radius 1 is 1.35 bits per heavy atom. The predicted molar refractivity (Wildman–Crippen MR) is 57.9 cm³/mol. The molecule has 4 N–H and O–H groups in total. The van der Waals surface area contributed by atoms with Crippen LogP contribution in [0.2, 0.25) is 0 Å². The Hall–Kier alpha value is -0.340. The number of likely N-dealkylation sites (N-methyl/N-ethyl adjacent to an activating group) is 1. The van der Waals surface area contributed by atoms with Crippen molar-refractivity contribution in [2.45, 2.75) is 12.2 Å². The number of aliphatic hydroxyl groups excluding tert-OH is 2. The zero-order chi connectivity index (χ0) is 13.9. The van der Waals surface area contributed by atoms with Gasteiger partial charge in [0.25, 0.3) is 0 Å². The molecule has 0 aromatic carbocycles. The van der Waals surface area contributed by atoms with Crippen LogP contribution in [-0.2, 0) is 13.9 Å². The highest BCUT2D eigenvalue weighted by molar-refractivity contribution is 7.46. The Balaban J connectivity index is 4.86. The number of quaternary nitrogens is 1. The fourth-order valence-electron chi connectivity index (χ4n) is 1.14. The van der Waals surface area contributed by atoms with E-state index in [1.807, 2.05) is 0 Å². The lowest BCUT2D eigenvalue weighted by molar-refractivity contribution is -0.872. The van der Waals surface area contributed by atoms with Gasteiger partial charge in [-0.2, -0.15) is 0 Å². The first-order valence-electron chi connectivity index (χ1n) is 4.83. The lowest BCUT2D eigenvalue weighted by Crippen LogP contribution is -2.48. The second-order valence-corrected chi connectivity index (χ2v) is 5.85. The maximum absolute atomic E-state index is 11.5. The highest BCUT2D eigenvalue weighted by Crippen LogP contribution is 2.38. The molecule has 0 spiro atoms. The Labute approximate surface area is 99.3 Å². The van der Waals surface area contributed by atoms with Gasteiger partial charge in [0.15, 0.2) is 11.9 Å². The van der Waals surface area contributed by atoms with Crippen LogP contribution in [0.25, 0.3) is 0 Å². The molecular formula is C8H19NO7P+. The van der Waals surface area contributed by atoms with Crippen LogP contribution in [0.15, 0.2) is 0 Å². The van der Waals surface area contributed by atoms with Crippen LogP contribution < -0.4 is 0 Å². The summed E-state index contributed by atoms with van der Waals surface area (Å²) in [7, 11) is 0.232. The number of hydrogen-bond donors (Lipinski definition) is 4. The molecule has 0 amide bonds. The molecule has 0 radical (unpaired) electrons. The highest BCUT2D eigenvalue weighted by Gasteiger charge is 2.35. The van der Waals surface area contributed by atoms with Gasteiger partial charge in [0.1, 0.15) is 12.6 Å². The van der Waals surface area contributed by atoms with Crippen molar-refractivity contribution < 1.29 is 38.4 Å². The molecule has 0 saturated heterocycles. The van der Waals surface area contributed by atoms with Crippen molar-refractivity contribution in [2.24, 2.45) is 0 Å². The molecule has 0 bridgehead atoms. The van der Waals surface area contributed by atoms with Crippen molar-refractivity contribution in [3.63, 3.8) is 0 Å². The fourth-order valence-corrected chi connectivity index (χ4v) is 1.65. The van der Waals surface area contributed by atoms with Gasteiger partial charge in [-0.15, -0.1) is 0 Å². The molecule has 0 aliphatic rings. The van der Waals surface area contributed by atoms with Crippen molar-refractivity contribution in [1.29, 1.82) is 0 Å². The average Bonchev–Trinajstić information content (AvgIpc) is 2.09. The Bertz CT molecular complexity index is 307. The van der Waals surface area contributed by atoms with Crippen LogP contribution in [0.1, 0.15) is 0 Å². The number of nitrogens with zero attached hydrogens (tertiary/aromatic N) is 1. The third-order valence-corrected chi connectivity index (χ3v) is 2.33. The van der Waals surface area contributed by atoms with E-state index in [0.717, 1.165) is 0 Å². The first-order chi connectivity index (χ1) is 7.46. The topological polar surface area (TPSA) is 124 Å². The molecule has 0 aromatic heterocycles. The molecule has 17 heavy (non-hydrogen) atoms. The number of Topliss-reactive ketones (excluding diaryl/α,β-unsaturated/α-hetero) is 1. The van der Waals surface area contributed by atoms with E-state index in [1.54, 1.807) is 21.1 Å². The average molecular weight is 272 g/mol. The Morgan fingerprint density at radius 2 is 1.82 bits per heavy atom. The molecule has 2 unspecified atom stereocenters. The maximum Gasteiger partial charge on any atom is 0.470 e. The van der Waals surface area contributed by atoms with E-state index >= 15 is 0 Å². The number of ketones is 1. The number of phosphoric ester groups is 1. The number of aliphatic hydroxyl groups is 2. The van der Waals surface area contributed by atoms with Crippen molar-refractivity contribution in [2.75, 3.05) is 34.3 Å². The van der Waals surface area contributed by atoms with Crippen LogP contribution in [0.4, 0.5) is 0 Å². The summed E-state index contributed by atoms with van der Waals surface area (Å²) >= 11 is 0. The molecule has 2 atom stereocenters. The SMILES string of the molecule is C[N+](C)(C)CC(OP(=O)(O)O)C(=O)C(O)CO. The summed E-state index contributed by atoms with van der Waals surface area (Å²) in [4.78, 5) is 28.9. The van der Waals surface area contributed by atoms with Crippen molar-refractivity contribution in [3.05, 3.63) is 0 Å². The lowest BCUT2D eigenvalue weighted by atomic mass is 10.1. The minimum atomic E-state index is -4.84. The van der Waals surface area contributed by atoms with Gasteiger partial charge in [0, 0.05) is 0 Å². The first kappa shape index (κ1) is 16.7. The predicted octanol–water partition coefficient (Wildman–Crippen LogP) is -1.91. The quantitative estimate of drug-likeness (QED) is 0.315. The van der Waals surface area contributed by atoms with Gasteiger partial charge in [-0.1, -0.05) is 0 Å². The minimum Gasteiger partial charge on any atom is -0.393 e. The molecule has 9 heteroatoms. The highest BCUT2D eigenvalue weighted by atomic mass is 31.2. The third-order valence-electron chi connectivity index (χ3n) is 1.80. The molecule has 0 aliphatic heterocycles. The number of carbonyl (C=O) groups is 1. The number of rotatable bonds is 7. The monoisotopic (exact) mass is 272 g/mol. The normalized spacial score (nSPS) is 16.6. The van der Waals surface area contributed by atoms with E-state index in [0.29, 0.717) is 0 Å². The van der Waals surface area contributed by atoms with Crippen LogP contribution in [0.5, 0.6) is 0 Å². The van der Waals surface area contributed by atoms with E-state index in [4.69, 9.17) is 20.0 Å². The minimum absolute atomic E-state index is 0.0407. The number of carbonyl (C=O) groups excluding carboxylic acids is 1. The zero-order valence-corrected chi connectivity index (χ0v) is 10.9. The largest absolute Gasteiger partial charge is 0.470 e. The van der Waals surface area contributed by atoms with E-state index in [2.05, 4.69) is 4.52 Å². The Kier molecular flexibility index (Phi) is 5.89. The second-order valence-electron chi connectivity index (χ2n) is 4.66. The van der Waals surface area contributed by atoms with Crippen molar-refractivity contribution in [1.82, 2.24) is 0 Å². The van der Waals surface area contributed by atoms with Gasteiger partial charge >= 0.3 is 7.82 Å². The van der Waals surface area contributed by atoms with E-state index in [1.165, 1.54) is 0 Å². The van der Waals surface area contributed by atoms with Gasteiger partial charge in [-0.05, 0) is 0 Å². The van der Waals surface area contributed by atoms with Crippen molar-refractivity contribution >= 4 is 13.6 Å². The van der Waals surface area contributed by atoms with E-state index in [-0.39, 0.29) is 11.0 Å². The van der Waals surface area contributed by atoms with E-state index in [9.17, 15) is 9.36 Å². The molecule has 0 fully saturated rings. The smallest absolute Gasteiger partial charge is 0.393 e. The molecule has 102 valence electrons. The van der Waals surface area contributed by atoms with Gasteiger partial charge in [-0.25, -0.2) is 4.57 Å². The summed E-state index contributed by atoms with van der Waals surface area (Å²) in [5.74, 6) is -0.955. The Morgan fingerprint density at radius 3 is 2.12 bits per heavy atom. The van der Waals surface area contributed by atoms with Gasteiger partial charge < -0.3 is 24.5 Å². The summed E-state index contributed by atoms with van der Waals surface area (Å²) in [6, 6.07) is 0. The summed E-state index contributed by atoms with van der Waals surface area (Å²) < 4.78 is 15.2. The van der Waals surface area contributed by atoms with Gasteiger partial charge in [-0.3, -0.25) is 9.32 Å². The summed E-state index contributed by atoms with van der Waals surface area (Å²) in [6.07, 6.45) is -3.18.